The first-order valence-electron chi connectivity index (χ1n) is 9.06. The van der Waals surface area contributed by atoms with Gasteiger partial charge in [0.15, 0.2) is 5.65 Å². The number of ether oxygens (including phenoxy) is 1. The van der Waals surface area contributed by atoms with E-state index in [1.54, 1.807) is 19.5 Å². The fourth-order valence-electron chi connectivity index (χ4n) is 3.19. The van der Waals surface area contributed by atoms with Gasteiger partial charge in [-0.1, -0.05) is 0 Å². The summed E-state index contributed by atoms with van der Waals surface area (Å²) in [5.74, 6) is 0.494. The summed E-state index contributed by atoms with van der Waals surface area (Å²) in [4.78, 5) is 21.9. The van der Waals surface area contributed by atoms with Crippen molar-refractivity contribution in [1.82, 2.24) is 19.7 Å². The average Bonchev–Trinajstić information content (AvgIpc) is 3.10. The molecule has 3 heterocycles. The van der Waals surface area contributed by atoms with Gasteiger partial charge >= 0.3 is 0 Å². The smallest absolute Gasteiger partial charge is 0.257 e. The molecule has 1 N–H and O–H groups in total. The average molecular weight is 375 g/mol. The molecule has 1 amide bonds. The fraction of sp³-hybridized carbons (Fsp3) is 0.238. The second-order valence-electron chi connectivity index (χ2n) is 6.95. The van der Waals surface area contributed by atoms with Gasteiger partial charge in [-0.3, -0.25) is 9.78 Å². The summed E-state index contributed by atoms with van der Waals surface area (Å²) >= 11 is 0. The summed E-state index contributed by atoms with van der Waals surface area (Å²) in [5.41, 5.74) is 3.41. The van der Waals surface area contributed by atoms with Crippen molar-refractivity contribution in [3.63, 3.8) is 0 Å². The lowest BCUT2D eigenvalue weighted by Crippen LogP contribution is -2.14. The SMILES string of the molecule is COc1ccc2nc(C)c(C(=O)Nc3cnc4c(cnn4C(C)C)c3)cc2c1. The summed E-state index contributed by atoms with van der Waals surface area (Å²) in [7, 11) is 1.61. The van der Waals surface area contributed by atoms with Gasteiger partial charge in [0.2, 0.25) is 0 Å². The number of nitrogens with one attached hydrogen (secondary N) is 1. The third-order valence-corrected chi connectivity index (χ3v) is 4.64. The first kappa shape index (κ1) is 17.9. The monoisotopic (exact) mass is 375 g/mol. The molecule has 0 aliphatic carbocycles. The van der Waals surface area contributed by atoms with Gasteiger partial charge in [-0.25, -0.2) is 9.67 Å². The Morgan fingerprint density at radius 2 is 1.96 bits per heavy atom. The van der Waals surface area contributed by atoms with Crippen LogP contribution in [-0.2, 0) is 0 Å². The van der Waals surface area contributed by atoms with Crippen LogP contribution in [0.4, 0.5) is 5.69 Å². The number of anilines is 1. The van der Waals surface area contributed by atoms with E-state index in [4.69, 9.17) is 4.74 Å². The van der Waals surface area contributed by atoms with Gasteiger partial charge in [-0.05, 0) is 51.1 Å². The standard InChI is InChI=1S/C21H21N5O2/c1-12(2)26-20-15(10-23-26)7-16(11-22-20)25-21(27)18-9-14-8-17(28-4)5-6-19(14)24-13(18)3/h5-12H,1-4H3,(H,25,27). The number of benzene rings is 1. The van der Waals surface area contributed by atoms with E-state index in [0.29, 0.717) is 16.9 Å². The van der Waals surface area contributed by atoms with E-state index in [1.807, 2.05) is 55.8 Å². The number of carbonyl (C=O) groups is 1. The second-order valence-corrected chi connectivity index (χ2v) is 6.95. The molecule has 0 bridgehead atoms. The van der Waals surface area contributed by atoms with E-state index >= 15 is 0 Å². The zero-order valence-electron chi connectivity index (χ0n) is 16.2. The van der Waals surface area contributed by atoms with E-state index in [0.717, 1.165) is 27.7 Å². The van der Waals surface area contributed by atoms with Crippen LogP contribution in [-0.4, -0.2) is 32.8 Å². The first-order valence-corrected chi connectivity index (χ1v) is 9.06. The molecule has 7 heteroatoms. The maximum Gasteiger partial charge on any atom is 0.257 e. The molecule has 3 aromatic heterocycles. The highest BCUT2D eigenvalue weighted by Gasteiger charge is 2.14. The predicted octanol–water partition coefficient (Wildman–Crippen LogP) is 4.13. The normalized spacial score (nSPS) is 11.3. The molecule has 0 saturated heterocycles. The van der Waals surface area contributed by atoms with Crippen molar-refractivity contribution in [2.24, 2.45) is 0 Å². The summed E-state index contributed by atoms with van der Waals surface area (Å²) in [6.07, 6.45) is 3.40. The van der Waals surface area contributed by atoms with E-state index in [-0.39, 0.29) is 11.9 Å². The summed E-state index contributed by atoms with van der Waals surface area (Å²) in [6, 6.07) is 9.53. The number of hydrogen-bond acceptors (Lipinski definition) is 5. The van der Waals surface area contributed by atoms with Crippen LogP contribution in [0.15, 0.2) is 42.7 Å². The minimum absolute atomic E-state index is 0.216. The van der Waals surface area contributed by atoms with E-state index in [1.165, 1.54) is 0 Å². The van der Waals surface area contributed by atoms with Crippen molar-refractivity contribution >= 4 is 33.5 Å². The topological polar surface area (TPSA) is 81.9 Å². The Morgan fingerprint density at radius 1 is 1.14 bits per heavy atom. The van der Waals surface area contributed by atoms with Crippen molar-refractivity contribution in [3.8, 4) is 5.75 Å². The Balaban J connectivity index is 1.66. The number of nitrogens with zero attached hydrogens (tertiary/aromatic N) is 4. The van der Waals surface area contributed by atoms with Crippen molar-refractivity contribution < 1.29 is 9.53 Å². The van der Waals surface area contributed by atoms with E-state index in [2.05, 4.69) is 20.4 Å². The highest BCUT2D eigenvalue weighted by Crippen LogP contribution is 2.23. The molecule has 0 spiro atoms. The molecule has 1 aromatic carbocycles. The third kappa shape index (κ3) is 3.15. The summed E-state index contributed by atoms with van der Waals surface area (Å²) in [6.45, 7) is 5.93. The van der Waals surface area contributed by atoms with Crippen LogP contribution in [0.3, 0.4) is 0 Å². The van der Waals surface area contributed by atoms with Gasteiger partial charge < -0.3 is 10.1 Å². The van der Waals surface area contributed by atoms with Gasteiger partial charge in [-0.15, -0.1) is 0 Å². The number of pyridine rings is 2. The molecule has 0 atom stereocenters. The maximum atomic E-state index is 12.9. The van der Waals surface area contributed by atoms with Crippen LogP contribution >= 0.6 is 0 Å². The van der Waals surface area contributed by atoms with Crippen LogP contribution < -0.4 is 10.1 Å². The number of fused-ring (bicyclic) bond motifs is 2. The lowest BCUT2D eigenvalue weighted by atomic mass is 10.1. The van der Waals surface area contributed by atoms with Crippen molar-refractivity contribution in [3.05, 3.63) is 54.0 Å². The Morgan fingerprint density at radius 3 is 2.71 bits per heavy atom. The number of aryl methyl sites for hydroxylation is 1. The Labute approximate surface area is 162 Å². The van der Waals surface area contributed by atoms with Crippen LogP contribution in [0.1, 0.15) is 35.9 Å². The molecule has 28 heavy (non-hydrogen) atoms. The minimum Gasteiger partial charge on any atom is -0.497 e. The Kier molecular flexibility index (Phi) is 4.43. The molecule has 0 fully saturated rings. The summed E-state index contributed by atoms with van der Waals surface area (Å²) < 4.78 is 7.12. The van der Waals surface area contributed by atoms with Crippen molar-refractivity contribution in [1.29, 1.82) is 0 Å². The molecular formula is C21H21N5O2. The lowest BCUT2D eigenvalue weighted by Gasteiger charge is -2.10. The molecular weight excluding hydrogens is 354 g/mol. The number of methoxy groups -OCH3 is 1. The molecule has 0 saturated carbocycles. The zero-order chi connectivity index (χ0) is 19.8. The molecule has 4 aromatic rings. The molecule has 0 aliphatic rings. The predicted molar refractivity (Wildman–Crippen MR) is 109 cm³/mol. The quantitative estimate of drug-likeness (QED) is 0.580. The molecule has 4 rings (SSSR count). The number of carbonyl (C=O) groups excluding carboxylic acids is 1. The third-order valence-electron chi connectivity index (χ3n) is 4.64. The van der Waals surface area contributed by atoms with Gasteiger partial charge in [0, 0.05) is 16.8 Å². The second kappa shape index (κ2) is 6.92. The fourth-order valence-corrected chi connectivity index (χ4v) is 3.19. The highest BCUT2D eigenvalue weighted by atomic mass is 16.5. The van der Waals surface area contributed by atoms with Crippen LogP contribution in [0.2, 0.25) is 0 Å². The molecule has 7 nitrogen and oxygen atoms in total. The van der Waals surface area contributed by atoms with Crippen LogP contribution in [0, 0.1) is 6.92 Å². The number of rotatable bonds is 4. The maximum absolute atomic E-state index is 12.9. The number of hydrogen-bond donors (Lipinski definition) is 1. The highest BCUT2D eigenvalue weighted by molar-refractivity contribution is 6.07. The molecule has 0 aliphatic heterocycles. The zero-order valence-corrected chi connectivity index (χ0v) is 16.2. The van der Waals surface area contributed by atoms with E-state index < -0.39 is 0 Å². The van der Waals surface area contributed by atoms with Crippen LogP contribution in [0.25, 0.3) is 21.9 Å². The van der Waals surface area contributed by atoms with E-state index in [9.17, 15) is 4.79 Å². The number of amides is 1. The largest absolute Gasteiger partial charge is 0.497 e. The molecule has 0 radical (unpaired) electrons. The van der Waals surface area contributed by atoms with Crippen molar-refractivity contribution in [2.75, 3.05) is 12.4 Å². The van der Waals surface area contributed by atoms with Crippen molar-refractivity contribution in [2.45, 2.75) is 26.8 Å². The number of aromatic nitrogens is 4. The minimum atomic E-state index is -0.230. The molecule has 142 valence electrons. The lowest BCUT2D eigenvalue weighted by molar-refractivity contribution is 0.102. The van der Waals surface area contributed by atoms with Gasteiger partial charge in [0.05, 0.1) is 42.0 Å². The Bertz CT molecular complexity index is 1200. The molecule has 0 unspecified atom stereocenters. The van der Waals surface area contributed by atoms with Gasteiger partial charge in [-0.2, -0.15) is 5.10 Å². The van der Waals surface area contributed by atoms with Gasteiger partial charge in [0.25, 0.3) is 5.91 Å². The van der Waals surface area contributed by atoms with Gasteiger partial charge in [0.1, 0.15) is 5.75 Å². The van der Waals surface area contributed by atoms with Crippen LogP contribution in [0.5, 0.6) is 5.75 Å². The Hall–Kier alpha value is -3.48. The summed E-state index contributed by atoms with van der Waals surface area (Å²) in [5, 5.41) is 9.00. The first-order chi connectivity index (χ1) is 13.5.